The summed E-state index contributed by atoms with van der Waals surface area (Å²) in [6, 6.07) is 1.83. The molecule has 3 rings (SSSR count). The van der Waals surface area contributed by atoms with Crippen LogP contribution in [0.1, 0.15) is 20.7 Å². The summed E-state index contributed by atoms with van der Waals surface area (Å²) in [6.07, 6.45) is 0. The normalized spacial score (nSPS) is 16.2. The molecule has 126 valence electrons. The minimum absolute atomic E-state index is 0. The van der Waals surface area contributed by atoms with Crippen LogP contribution >= 0.6 is 0 Å². The first-order chi connectivity index (χ1) is 11.0. The molecule has 26 heavy (non-hydrogen) atoms. The van der Waals surface area contributed by atoms with Crippen LogP contribution in [0.2, 0.25) is 0 Å². The van der Waals surface area contributed by atoms with Crippen LogP contribution in [-0.2, 0) is 23.9 Å². The Balaban J connectivity index is 0.00000169. The van der Waals surface area contributed by atoms with Gasteiger partial charge in [0.2, 0.25) is 0 Å². The Kier molecular flexibility index (Phi) is 7.70. The fourth-order valence-electron chi connectivity index (χ4n) is 2.40. The van der Waals surface area contributed by atoms with Gasteiger partial charge in [0.15, 0.2) is 0 Å². The predicted octanol–water partition coefficient (Wildman–Crippen LogP) is -8.44. The molecule has 1 aliphatic rings. The Morgan fingerprint density at radius 2 is 1.38 bits per heavy atom. The van der Waals surface area contributed by atoms with E-state index in [0.717, 1.165) is 6.07 Å². The van der Waals surface area contributed by atoms with Gasteiger partial charge in [-0.1, -0.05) is 0 Å². The number of nitrogen functional groups attached to an aromatic ring is 1. The van der Waals surface area contributed by atoms with Crippen LogP contribution < -0.4 is 119 Å². The van der Waals surface area contributed by atoms with E-state index in [-0.39, 0.29) is 103 Å². The van der Waals surface area contributed by atoms with Gasteiger partial charge in [0.25, 0.3) is 0 Å². The predicted molar refractivity (Wildman–Crippen MR) is 72.5 cm³/mol. The van der Waals surface area contributed by atoms with Crippen LogP contribution in [0.3, 0.4) is 0 Å². The van der Waals surface area contributed by atoms with Gasteiger partial charge in [-0.05, 0) is 18.2 Å². The van der Waals surface area contributed by atoms with Crippen LogP contribution in [0.15, 0.2) is 28.0 Å². The van der Waals surface area contributed by atoms with E-state index < -0.39 is 69.6 Å². The van der Waals surface area contributed by atoms with Crippen LogP contribution in [-0.4, -0.2) is 28.8 Å². The Bertz CT molecular complexity index is 1150. The molecule has 14 heteroatoms. The molecule has 0 spiro atoms. The van der Waals surface area contributed by atoms with E-state index in [4.69, 9.17) is 5.73 Å². The number of carboxylic acid groups (broad SMARTS) is 2. The van der Waals surface area contributed by atoms with Gasteiger partial charge in [-0.2, -0.15) is 16.8 Å². The van der Waals surface area contributed by atoms with Gasteiger partial charge in [-0.3, -0.25) is 0 Å². The largest absolute Gasteiger partial charge is 1.00 e. The number of carbonyl (C=O) groups excluding carboxylic acids is 2. The molecule has 0 saturated heterocycles. The second-order valence-electron chi connectivity index (χ2n) is 4.78. The second-order valence-corrected chi connectivity index (χ2v) is 8.05. The van der Waals surface area contributed by atoms with Gasteiger partial charge in [-0.25, -0.2) is 0 Å². The number of hydrogen-bond acceptors (Lipinski definition) is 10. The van der Waals surface area contributed by atoms with Gasteiger partial charge >= 0.3 is 123 Å². The minimum Gasteiger partial charge on any atom is -0.545 e. The number of hydrogen-bond donors (Lipinski definition) is 1. The zero-order chi connectivity index (χ0) is 18.0. The van der Waals surface area contributed by atoms with Crippen molar-refractivity contribution in [1.82, 2.24) is 0 Å². The zero-order valence-electron chi connectivity index (χ0n) is 13.3. The van der Waals surface area contributed by atoms with Gasteiger partial charge in [0.1, 0.15) is 4.90 Å². The van der Waals surface area contributed by atoms with Gasteiger partial charge in [0, 0.05) is 21.9 Å². The number of aromatic carboxylic acids is 2. The van der Waals surface area contributed by atoms with Crippen molar-refractivity contribution >= 4 is 48.6 Å². The topological polar surface area (TPSA) is 184 Å². The first-order valence-corrected chi connectivity index (χ1v) is 8.81. The monoisotopic (exact) mass is 449 g/mol. The molecule has 2 aromatic rings. The zero-order valence-corrected chi connectivity index (χ0v) is 21.2. The number of rotatable bonds is 2. The Morgan fingerprint density at radius 3 is 1.88 bits per heavy atom. The maximum atomic E-state index is 12.1. The summed E-state index contributed by atoms with van der Waals surface area (Å²) in [5.74, 6) is -3.79. The van der Waals surface area contributed by atoms with Crippen molar-refractivity contribution in [3.63, 3.8) is 0 Å². The Morgan fingerprint density at radius 1 is 0.885 bits per heavy atom. The summed E-state index contributed by atoms with van der Waals surface area (Å²) >= 11 is 0. The molecule has 0 atom stereocenters. The first kappa shape index (κ1) is 24.6. The maximum absolute atomic E-state index is 12.1. The summed E-state index contributed by atoms with van der Waals surface area (Å²) in [4.78, 5) is 20.8. The molecule has 0 fully saturated rings. The number of carboxylic acids is 2. The van der Waals surface area contributed by atoms with E-state index in [1.807, 2.05) is 0 Å². The molecule has 3 bridgehead atoms. The molecule has 0 amide bonds. The summed E-state index contributed by atoms with van der Waals surface area (Å²) in [5.41, 5.74) is 3.47. The third kappa shape index (κ3) is 3.98. The molecule has 0 radical (unpaired) electrons. The van der Waals surface area contributed by atoms with Crippen LogP contribution in [0.25, 0.3) is 10.8 Å². The van der Waals surface area contributed by atoms with E-state index in [9.17, 15) is 36.6 Å². The molecule has 0 aliphatic carbocycles. The standard InChI is InChI=1S/C12H7NO9S2.2K/c13-10-5-1-4-2-6(11(14)15)9(5)7(12(16)17)3-8(10)24(20,21)22-23(4,18)19;;/h1-3H,13H2,(H,14,15)(H,16,17);;/q;2*+1/p-2. The smallest absolute Gasteiger partial charge is 0.545 e. The van der Waals surface area contributed by atoms with Crippen molar-refractivity contribution in [1.29, 1.82) is 0 Å². The summed E-state index contributed by atoms with van der Waals surface area (Å²) < 4.78 is 52.2. The van der Waals surface area contributed by atoms with Crippen molar-refractivity contribution in [2.45, 2.75) is 9.79 Å². The van der Waals surface area contributed by atoms with E-state index in [1.54, 1.807) is 0 Å². The minimum atomic E-state index is -4.97. The third-order valence-corrected chi connectivity index (χ3v) is 6.51. The third-order valence-electron chi connectivity index (χ3n) is 3.39. The van der Waals surface area contributed by atoms with Crippen molar-refractivity contribution in [2.24, 2.45) is 0 Å². The quantitative estimate of drug-likeness (QED) is 0.341. The van der Waals surface area contributed by atoms with Crippen molar-refractivity contribution in [3.05, 3.63) is 29.3 Å². The van der Waals surface area contributed by atoms with E-state index in [2.05, 4.69) is 3.63 Å². The number of nitrogens with two attached hydrogens (primary N) is 1. The average Bonchev–Trinajstić information content (AvgIpc) is 2.44. The molecule has 1 aliphatic heterocycles. The van der Waals surface area contributed by atoms with E-state index >= 15 is 0 Å². The maximum Gasteiger partial charge on any atom is 1.00 e. The Labute approximate surface area is 232 Å². The van der Waals surface area contributed by atoms with E-state index in [0.29, 0.717) is 12.1 Å². The van der Waals surface area contributed by atoms with Gasteiger partial charge < -0.3 is 25.5 Å². The number of carbonyl (C=O) groups is 2. The molecule has 1 heterocycles. The fourth-order valence-corrected chi connectivity index (χ4v) is 5.12. The average molecular weight is 450 g/mol. The van der Waals surface area contributed by atoms with Gasteiger partial charge in [0.05, 0.1) is 22.5 Å². The molecule has 0 aromatic heterocycles. The van der Waals surface area contributed by atoms with Crippen molar-refractivity contribution < 1.29 is 143 Å². The Hall–Kier alpha value is 0.573. The van der Waals surface area contributed by atoms with Crippen LogP contribution in [0.4, 0.5) is 5.69 Å². The van der Waals surface area contributed by atoms with Crippen LogP contribution in [0, 0.1) is 0 Å². The van der Waals surface area contributed by atoms with Crippen LogP contribution in [0.5, 0.6) is 0 Å². The van der Waals surface area contributed by atoms with E-state index in [1.165, 1.54) is 0 Å². The summed E-state index contributed by atoms with van der Waals surface area (Å²) in [6.45, 7) is 0. The van der Waals surface area contributed by atoms with Gasteiger partial charge in [-0.15, -0.1) is 3.63 Å². The second kappa shape index (κ2) is 8.13. The molecule has 2 N–H and O–H groups in total. The number of anilines is 1. The number of benzene rings is 2. The van der Waals surface area contributed by atoms with Crippen molar-refractivity contribution in [2.75, 3.05) is 5.73 Å². The molecule has 0 unspecified atom stereocenters. The molecule has 0 saturated carbocycles. The summed E-state index contributed by atoms with van der Waals surface area (Å²) in [7, 11) is -9.85. The first-order valence-electron chi connectivity index (χ1n) is 6.00. The number of fused-ring (bicyclic) bond motifs is 2. The fraction of sp³-hybridized carbons (Fsp3) is 0. The molecule has 2 aromatic carbocycles. The summed E-state index contributed by atoms with van der Waals surface area (Å²) in [5, 5.41) is 21.7. The molecular formula is C12H5K2NO9S2. The SMILES string of the molecule is Nc1c2cc(C(=O)[O-])c3c(C(=O)[O-])cc(cc13)S(=O)(=O)OS2(=O)=O.[K+].[K+]. The van der Waals surface area contributed by atoms with Crippen molar-refractivity contribution in [3.8, 4) is 0 Å². The molecule has 10 nitrogen and oxygen atoms in total. The molecular weight excluding hydrogens is 444 g/mol.